The van der Waals surface area contributed by atoms with Gasteiger partial charge in [0.15, 0.2) is 5.11 Å². The first kappa shape index (κ1) is 15.3. The number of thiocarbonyl (C=S) groups is 1. The molecule has 1 rings (SSSR count). The lowest BCUT2D eigenvalue weighted by molar-refractivity contribution is 0.145. The van der Waals surface area contributed by atoms with E-state index < -0.39 is 0 Å². The SMILES string of the molecule is CCOCCCNC(=S)NCCc1nc(C)cs1. The quantitative estimate of drug-likeness (QED) is 0.565. The third kappa shape index (κ3) is 6.88. The number of thiazole rings is 1. The highest BCUT2D eigenvalue weighted by molar-refractivity contribution is 7.80. The molecule has 0 radical (unpaired) electrons. The van der Waals surface area contributed by atoms with Crippen LogP contribution in [-0.4, -0.2) is 36.4 Å². The molecule has 18 heavy (non-hydrogen) atoms. The predicted molar refractivity (Wildman–Crippen MR) is 80.3 cm³/mol. The lowest BCUT2D eigenvalue weighted by atomic mass is 10.4. The molecule has 0 unspecified atom stereocenters. The van der Waals surface area contributed by atoms with Crippen molar-refractivity contribution in [1.29, 1.82) is 0 Å². The van der Waals surface area contributed by atoms with Crippen molar-refractivity contribution < 1.29 is 4.74 Å². The van der Waals surface area contributed by atoms with E-state index in [9.17, 15) is 0 Å². The first-order chi connectivity index (χ1) is 8.72. The fourth-order valence-electron chi connectivity index (χ4n) is 1.38. The highest BCUT2D eigenvalue weighted by atomic mass is 32.1. The van der Waals surface area contributed by atoms with Gasteiger partial charge < -0.3 is 15.4 Å². The molecular formula is C12H21N3OS2. The van der Waals surface area contributed by atoms with Gasteiger partial charge in [-0.1, -0.05) is 0 Å². The van der Waals surface area contributed by atoms with Crippen molar-refractivity contribution >= 4 is 28.7 Å². The molecule has 0 atom stereocenters. The van der Waals surface area contributed by atoms with E-state index in [0.29, 0.717) is 5.11 Å². The summed E-state index contributed by atoms with van der Waals surface area (Å²) < 4.78 is 5.25. The van der Waals surface area contributed by atoms with Crippen molar-refractivity contribution in [2.75, 3.05) is 26.3 Å². The molecule has 0 fully saturated rings. The van der Waals surface area contributed by atoms with Crippen LogP contribution in [0.25, 0.3) is 0 Å². The number of rotatable bonds is 8. The summed E-state index contributed by atoms with van der Waals surface area (Å²) in [5.74, 6) is 0. The molecule has 0 aliphatic carbocycles. The van der Waals surface area contributed by atoms with Crippen LogP contribution < -0.4 is 10.6 Å². The number of hydrogen-bond acceptors (Lipinski definition) is 4. The largest absolute Gasteiger partial charge is 0.382 e. The summed E-state index contributed by atoms with van der Waals surface area (Å²) in [5, 5.41) is 10.3. The highest BCUT2D eigenvalue weighted by Crippen LogP contribution is 2.08. The van der Waals surface area contributed by atoms with E-state index in [-0.39, 0.29) is 0 Å². The van der Waals surface area contributed by atoms with Crippen molar-refractivity contribution in [3.63, 3.8) is 0 Å². The maximum atomic E-state index is 5.25. The van der Waals surface area contributed by atoms with Crippen molar-refractivity contribution in [3.8, 4) is 0 Å². The Kier molecular flexibility index (Phi) is 7.88. The molecule has 1 aromatic heterocycles. The number of aryl methyl sites for hydroxylation is 1. The van der Waals surface area contributed by atoms with Crippen LogP contribution >= 0.6 is 23.6 Å². The fraction of sp³-hybridized carbons (Fsp3) is 0.667. The molecule has 0 spiro atoms. The molecule has 0 saturated carbocycles. The zero-order valence-electron chi connectivity index (χ0n) is 11.0. The summed E-state index contributed by atoms with van der Waals surface area (Å²) in [7, 11) is 0. The highest BCUT2D eigenvalue weighted by Gasteiger charge is 1.99. The fourth-order valence-corrected chi connectivity index (χ4v) is 2.36. The Bertz CT molecular complexity index is 355. The van der Waals surface area contributed by atoms with Crippen LogP contribution in [0.2, 0.25) is 0 Å². The molecule has 1 heterocycles. The molecule has 0 aliphatic rings. The van der Waals surface area contributed by atoms with Gasteiger partial charge in [-0.2, -0.15) is 0 Å². The second-order valence-corrected chi connectivity index (χ2v) is 5.22. The number of nitrogens with zero attached hydrogens (tertiary/aromatic N) is 1. The van der Waals surface area contributed by atoms with E-state index in [1.54, 1.807) is 11.3 Å². The molecule has 6 heteroatoms. The summed E-state index contributed by atoms with van der Waals surface area (Å²) >= 11 is 6.87. The van der Waals surface area contributed by atoms with Gasteiger partial charge in [-0.15, -0.1) is 11.3 Å². The second-order valence-electron chi connectivity index (χ2n) is 3.87. The minimum atomic E-state index is 0.708. The first-order valence-electron chi connectivity index (χ1n) is 6.22. The van der Waals surface area contributed by atoms with Gasteiger partial charge in [0.05, 0.1) is 5.01 Å². The van der Waals surface area contributed by atoms with Gasteiger partial charge in [0.2, 0.25) is 0 Å². The summed E-state index contributed by atoms with van der Waals surface area (Å²) in [6.45, 7) is 7.24. The predicted octanol–water partition coefficient (Wildman–Crippen LogP) is 1.88. The number of nitrogens with one attached hydrogen (secondary N) is 2. The summed E-state index contributed by atoms with van der Waals surface area (Å²) in [6, 6.07) is 0. The molecule has 0 aliphatic heterocycles. The molecule has 0 bridgehead atoms. The van der Waals surface area contributed by atoms with Crippen molar-refractivity contribution in [2.24, 2.45) is 0 Å². The Morgan fingerprint density at radius 2 is 2.22 bits per heavy atom. The summed E-state index contributed by atoms with van der Waals surface area (Å²) in [5.41, 5.74) is 1.09. The third-order valence-corrected chi connectivity index (χ3v) is 3.56. The van der Waals surface area contributed by atoms with Crippen LogP contribution in [0.1, 0.15) is 24.0 Å². The molecule has 102 valence electrons. The van der Waals surface area contributed by atoms with Crippen LogP contribution in [0.5, 0.6) is 0 Å². The smallest absolute Gasteiger partial charge is 0.166 e. The lowest BCUT2D eigenvalue weighted by Crippen LogP contribution is -2.37. The van der Waals surface area contributed by atoms with E-state index in [1.807, 2.05) is 13.8 Å². The van der Waals surface area contributed by atoms with Crippen LogP contribution in [0.3, 0.4) is 0 Å². The van der Waals surface area contributed by atoms with Crippen LogP contribution in [0, 0.1) is 6.92 Å². The average molecular weight is 287 g/mol. The normalized spacial score (nSPS) is 10.3. The van der Waals surface area contributed by atoms with Gasteiger partial charge in [-0.05, 0) is 32.5 Å². The van der Waals surface area contributed by atoms with Gasteiger partial charge in [0.1, 0.15) is 0 Å². The van der Waals surface area contributed by atoms with Gasteiger partial charge in [-0.25, -0.2) is 4.98 Å². The maximum absolute atomic E-state index is 5.25. The van der Waals surface area contributed by atoms with E-state index >= 15 is 0 Å². The minimum absolute atomic E-state index is 0.708. The molecule has 0 saturated heterocycles. The number of hydrogen-bond donors (Lipinski definition) is 2. The van der Waals surface area contributed by atoms with E-state index in [1.165, 1.54) is 0 Å². The zero-order chi connectivity index (χ0) is 13.2. The van der Waals surface area contributed by atoms with Crippen LogP contribution in [0.15, 0.2) is 5.38 Å². The topological polar surface area (TPSA) is 46.2 Å². The standard InChI is InChI=1S/C12H21N3OS2/c1-3-16-8-4-6-13-12(17)14-7-5-11-15-10(2)9-18-11/h9H,3-8H2,1-2H3,(H2,13,14,17). The maximum Gasteiger partial charge on any atom is 0.166 e. The first-order valence-corrected chi connectivity index (χ1v) is 7.51. The molecule has 0 amide bonds. The van der Waals surface area contributed by atoms with Gasteiger partial charge in [-0.3, -0.25) is 0 Å². The van der Waals surface area contributed by atoms with E-state index in [4.69, 9.17) is 17.0 Å². The van der Waals surface area contributed by atoms with Gasteiger partial charge in [0.25, 0.3) is 0 Å². The molecule has 4 nitrogen and oxygen atoms in total. The average Bonchev–Trinajstić information content (AvgIpc) is 2.75. The van der Waals surface area contributed by atoms with E-state index in [2.05, 4.69) is 21.0 Å². The molecule has 2 N–H and O–H groups in total. The Labute approximate surface area is 118 Å². The second kappa shape index (κ2) is 9.24. The number of aromatic nitrogens is 1. The molecule has 1 aromatic rings. The summed E-state index contributed by atoms with van der Waals surface area (Å²) in [4.78, 5) is 4.40. The Hall–Kier alpha value is -0.720. The Balaban J connectivity index is 2.00. The van der Waals surface area contributed by atoms with Crippen molar-refractivity contribution in [3.05, 3.63) is 16.1 Å². The summed E-state index contributed by atoms with van der Waals surface area (Å²) in [6.07, 6.45) is 1.89. The third-order valence-electron chi connectivity index (χ3n) is 2.25. The van der Waals surface area contributed by atoms with Gasteiger partial charge in [0, 0.05) is 43.8 Å². The van der Waals surface area contributed by atoms with Crippen molar-refractivity contribution in [1.82, 2.24) is 15.6 Å². The number of ether oxygens (including phenoxy) is 1. The molecule has 0 aromatic carbocycles. The Morgan fingerprint density at radius 3 is 2.89 bits per heavy atom. The Morgan fingerprint density at radius 1 is 1.44 bits per heavy atom. The minimum Gasteiger partial charge on any atom is -0.382 e. The lowest BCUT2D eigenvalue weighted by Gasteiger charge is -2.09. The zero-order valence-corrected chi connectivity index (χ0v) is 12.6. The van der Waals surface area contributed by atoms with Crippen LogP contribution in [0.4, 0.5) is 0 Å². The molecular weight excluding hydrogens is 266 g/mol. The monoisotopic (exact) mass is 287 g/mol. The van der Waals surface area contributed by atoms with Crippen LogP contribution in [-0.2, 0) is 11.2 Å². The van der Waals surface area contributed by atoms with Gasteiger partial charge >= 0.3 is 0 Å². The van der Waals surface area contributed by atoms with Crippen molar-refractivity contribution in [2.45, 2.75) is 26.7 Å². The van der Waals surface area contributed by atoms with E-state index in [0.717, 1.165) is 49.8 Å².